The number of rotatable bonds is 6. The molecule has 100 valence electrons. The van der Waals surface area contributed by atoms with Crippen LogP contribution in [0.4, 0.5) is 0 Å². The summed E-state index contributed by atoms with van der Waals surface area (Å²) in [5.74, 6) is -0.263. The molecule has 0 amide bonds. The van der Waals surface area contributed by atoms with Gasteiger partial charge in [-0.05, 0) is 16.1 Å². The van der Waals surface area contributed by atoms with Gasteiger partial charge >= 0.3 is 5.97 Å². The first-order chi connectivity index (χ1) is 7.65. The van der Waals surface area contributed by atoms with Crippen LogP contribution in [-0.4, -0.2) is 14.3 Å². The van der Waals surface area contributed by atoms with Gasteiger partial charge in [-0.1, -0.05) is 61.5 Å². The summed E-state index contributed by atoms with van der Waals surface area (Å²) in [7, 11) is -2.18. The van der Waals surface area contributed by atoms with Gasteiger partial charge in [-0.25, -0.2) is 4.79 Å². The molecule has 0 saturated heterocycles. The van der Waals surface area contributed by atoms with Gasteiger partial charge in [-0.2, -0.15) is 0 Å². The minimum atomic E-state index is -2.18. The molecule has 0 heterocycles. The lowest BCUT2D eigenvalue weighted by atomic mass is 10.1. The van der Waals surface area contributed by atoms with Gasteiger partial charge in [0.15, 0.2) is 0 Å². The Bertz CT molecular complexity index is 272. The largest absolute Gasteiger partial charge is 0.515 e. The van der Waals surface area contributed by atoms with Crippen molar-refractivity contribution in [1.29, 1.82) is 0 Å². The molecule has 0 rings (SSSR count). The van der Waals surface area contributed by atoms with E-state index in [0.29, 0.717) is 11.1 Å². The zero-order valence-electron chi connectivity index (χ0n) is 12.5. The molecule has 0 spiro atoms. The molecule has 0 fully saturated rings. The number of carbonyl (C=O) groups excluding carboxylic acids is 1. The van der Waals surface area contributed by atoms with E-state index in [1.54, 1.807) is 0 Å². The van der Waals surface area contributed by atoms with Crippen LogP contribution in [0, 0.1) is 0 Å². The highest BCUT2D eigenvalue weighted by Gasteiger charge is 2.55. The van der Waals surface area contributed by atoms with Crippen molar-refractivity contribution >= 4 is 14.3 Å². The van der Waals surface area contributed by atoms with E-state index >= 15 is 0 Å². The van der Waals surface area contributed by atoms with Crippen LogP contribution in [0.2, 0.25) is 16.1 Å². The first-order valence-corrected chi connectivity index (χ1v) is 8.57. The van der Waals surface area contributed by atoms with Gasteiger partial charge < -0.3 is 4.43 Å². The van der Waals surface area contributed by atoms with E-state index < -0.39 is 8.32 Å². The first-order valence-electron chi connectivity index (χ1n) is 6.51. The van der Waals surface area contributed by atoms with Gasteiger partial charge in [0.05, 0.1) is 0 Å². The summed E-state index contributed by atoms with van der Waals surface area (Å²) in [6, 6.07) is 0. The minimum Gasteiger partial charge on any atom is -0.515 e. The van der Waals surface area contributed by atoms with E-state index in [4.69, 9.17) is 4.43 Å². The Balaban J connectivity index is 5.60. The molecule has 0 bridgehead atoms. The lowest BCUT2D eigenvalue weighted by molar-refractivity contribution is -0.130. The number of hydrogen-bond acceptors (Lipinski definition) is 2. The zero-order chi connectivity index (χ0) is 13.9. The summed E-state index contributed by atoms with van der Waals surface area (Å²) in [6.07, 6.45) is 2.32. The molecule has 17 heavy (non-hydrogen) atoms. The molecular formula is C14H28O2Si. The average molecular weight is 256 g/mol. The van der Waals surface area contributed by atoms with Crippen molar-refractivity contribution in [3.8, 4) is 0 Å². The van der Waals surface area contributed by atoms with Crippen molar-refractivity contribution in [2.75, 3.05) is 0 Å². The molecule has 3 heteroatoms. The van der Waals surface area contributed by atoms with E-state index in [0.717, 1.165) is 6.42 Å². The molecule has 0 unspecified atom stereocenters. The van der Waals surface area contributed by atoms with E-state index in [1.165, 1.54) is 6.08 Å². The summed E-state index contributed by atoms with van der Waals surface area (Å²) in [4.78, 5) is 11.7. The van der Waals surface area contributed by atoms with Crippen molar-refractivity contribution in [3.05, 3.63) is 12.7 Å². The number of carbonyl (C=O) groups is 1. The highest BCUT2D eigenvalue weighted by molar-refractivity contribution is 6.80. The molecule has 0 aromatic heterocycles. The van der Waals surface area contributed by atoms with Crippen LogP contribution in [-0.2, 0) is 9.22 Å². The molecule has 0 aliphatic heterocycles. The molecule has 0 aromatic rings. The van der Waals surface area contributed by atoms with Crippen molar-refractivity contribution in [2.45, 2.75) is 71.0 Å². The van der Waals surface area contributed by atoms with Crippen LogP contribution in [0.5, 0.6) is 0 Å². The molecule has 2 nitrogen and oxygen atoms in total. The van der Waals surface area contributed by atoms with Crippen molar-refractivity contribution in [2.24, 2.45) is 0 Å². The van der Waals surface area contributed by atoms with Crippen molar-refractivity contribution in [1.82, 2.24) is 0 Å². The molecule has 0 saturated carbocycles. The summed E-state index contributed by atoms with van der Waals surface area (Å²) in [5.41, 5.74) is 0.808. The third-order valence-electron chi connectivity index (χ3n) is 4.09. The van der Waals surface area contributed by atoms with E-state index in [1.807, 2.05) is 0 Å². The second-order valence-corrected chi connectivity index (χ2v) is 11.4. The smallest absolute Gasteiger partial charge is 0.316 e. The normalized spacial score (nSPS) is 13.0. The second kappa shape index (κ2) is 5.85. The second-order valence-electron chi connectivity index (χ2n) is 5.97. The van der Waals surface area contributed by atoms with Gasteiger partial charge in [0.2, 0.25) is 0 Å². The molecular weight excluding hydrogens is 228 g/mol. The highest BCUT2D eigenvalue weighted by atomic mass is 28.4. The Morgan fingerprint density at radius 3 is 1.94 bits per heavy atom. The fraction of sp³-hybridized carbons (Fsp3) is 0.786. The summed E-state index contributed by atoms with van der Waals surface area (Å²) in [5, 5.41) is 0.0774. The van der Waals surface area contributed by atoms with Gasteiger partial charge in [-0.15, -0.1) is 0 Å². The van der Waals surface area contributed by atoms with Crippen molar-refractivity contribution in [3.63, 3.8) is 0 Å². The van der Waals surface area contributed by atoms with Crippen LogP contribution in [0.15, 0.2) is 12.7 Å². The van der Waals surface area contributed by atoms with E-state index in [2.05, 4.69) is 55.0 Å². The SMILES string of the molecule is C=CC(=O)O[Si](C(C)C)(C(C)C)C(C)(C)CC. The topological polar surface area (TPSA) is 26.3 Å². The summed E-state index contributed by atoms with van der Waals surface area (Å²) < 4.78 is 5.95. The molecule has 0 aliphatic rings. The third-order valence-corrected chi connectivity index (χ3v) is 10.5. The predicted molar refractivity (Wildman–Crippen MR) is 76.6 cm³/mol. The maximum Gasteiger partial charge on any atom is 0.316 e. The fourth-order valence-electron chi connectivity index (χ4n) is 3.09. The molecule has 0 atom stereocenters. The Kier molecular flexibility index (Phi) is 5.65. The van der Waals surface area contributed by atoms with Gasteiger partial charge in [0.25, 0.3) is 8.32 Å². The Labute approximate surface area is 108 Å². The van der Waals surface area contributed by atoms with Gasteiger partial charge in [0, 0.05) is 6.08 Å². The van der Waals surface area contributed by atoms with Crippen molar-refractivity contribution < 1.29 is 9.22 Å². The standard InChI is InChI=1S/C14H28O2Si/c1-9-13(15)16-17(11(3)4,12(5)6)14(7,8)10-2/h9,11-12H,1,10H2,2-8H3. The molecule has 0 aromatic carbocycles. The Hall–Kier alpha value is -0.573. The molecule has 0 aliphatic carbocycles. The summed E-state index contributed by atoms with van der Waals surface area (Å²) in [6.45, 7) is 18.9. The quantitative estimate of drug-likeness (QED) is 0.510. The lowest BCUT2D eigenvalue weighted by Gasteiger charge is -2.48. The average Bonchev–Trinajstić information content (AvgIpc) is 2.23. The van der Waals surface area contributed by atoms with E-state index in [9.17, 15) is 4.79 Å². The predicted octanol–water partition coefficient (Wildman–Crippen LogP) is 4.67. The maximum atomic E-state index is 11.7. The van der Waals surface area contributed by atoms with Crippen LogP contribution >= 0.6 is 0 Å². The van der Waals surface area contributed by atoms with Crippen LogP contribution < -0.4 is 0 Å². The summed E-state index contributed by atoms with van der Waals surface area (Å²) >= 11 is 0. The van der Waals surface area contributed by atoms with Crippen LogP contribution in [0.3, 0.4) is 0 Å². The third kappa shape index (κ3) is 3.00. The lowest BCUT2D eigenvalue weighted by Crippen LogP contribution is -2.54. The minimum absolute atomic E-state index is 0.0774. The maximum absolute atomic E-state index is 11.7. The van der Waals surface area contributed by atoms with Gasteiger partial charge in [0.1, 0.15) is 0 Å². The van der Waals surface area contributed by atoms with E-state index in [-0.39, 0.29) is 11.0 Å². The Morgan fingerprint density at radius 1 is 1.29 bits per heavy atom. The van der Waals surface area contributed by atoms with Crippen LogP contribution in [0.25, 0.3) is 0 Å². The molecule has 0 N–H and O–H groups in total. The zero-order valence-corrected chi connectivity index (χ0v) is 13.5. The highest BCUT2D eigenvalue weighted by Crippen LogP contribution is 2.53. The van der Waals surface area contributed by atoms with Gasteiger partial charge in [-0.3, -0.25) is 0 Å². The first kappa shape index (κ1) is 16.4. The molecule has 0 radical (unpaired) electrons. The fourth-order valence-corrected chi connectivity index (χ4v) is 9.26. The van der Waals surface area contributed by atoms with Crippen LogP contribution in [0.1, 0.15) is 54.9 Å². The number of hydrogen-bond donors (Lipinski definition) is 0. The monoisotopic (exact) mass is 256 g/mol. The Morgan fingerprint density at radius 2 is 1.71 bits per heavy atom.